The predicted molar refractivity (Wildman–Crippen MR) is 51.6 cm³/mol. The highest BCUT2D eigenvalue weighted by Gasteiger charge is 2.42. The van der Waals surface area contributed by atoms with Gasteiger partial charge in [0.2, 0.25) is 5.95 Å². The monoisotopic (exact) mass is 196 g/mol. The van der Waals surface area contributed by atoms with Gasteiger partial charge in [0, 0.05) is 0 Å². The number of nitrogens with zero attached hydrogens (tertiary/aromatic N) is 1. The van der Waals surface area contributed by atoms with Crippen molar-refractivity contribution in [3.8, 4) is 0 Å². The van der Waals surface area contributed by atoms with Crippen LogP contribution >= 0.6 is 0 Å². The number of hydrogen-bond acceptors (Lipinski definition) is 3. The molecule has 2 N–H and O–H groups in total. The van der Waals surface area contributed by atoms with E-state index in [4.69, 9.17) is 5.11 Å². The van der Waals surface area contributed by atoms with Crippen LogP contribution in [0.3, 0.4) is 0 Å². The SMILES string of the molecule is Cc1cc(F)nc(NC2(CO)CC2)c1. The van der Waals surface area contributed by atoms with Crippen LogP contribution in [0, 0.1) is 12.9 Å². The molecule has 1 saturated carbocycles. The van der Waals surface area contributed by atoms with Gasteiger partial charge in [-0.25, -0.2) is 4.98 Å². The van der Waals surface area contributed by atoms with Gasteiger partial charge in [-0.05, 0) is 37.5 Å². The van der Waals surface area contributed by atoms with Gasteiger partial charge >= 0.3 is 0 Å². The molecule has 0 bridgehead atoms. The first kappa shape index (κ1) is 9.40. The van der Waals surface area contributed by atoms with Crippen molar-refractivity contribution < 1.29 is 9.50 Å². The van der Waals surface area contributed by atoms with E-state index in [1.54, 1.807) is 6.07 Å². The quantitative estimate of drug-likeness (QED) is 0.719. The minimum Gasteiger partial charge on any atom is -0.394 e. The van der Waals surface area contributed by atoms with Gasteiger partial charge in [-0.2, -0.15) is 4.39 Å². The summed E-state index contributed by atoms with van der Waals surface area (Å²) in [5.41, 5.74) is 0.585. The van der Waals surface area contributed by atoms with Crippen LogP contribution < -0.4 is 5.32 Å². The van der Waals surface area contributed by atoms with Crippen molar-refractivity contribution in [3.63, 3.8) is 0 Å². The van der Waals surface area contributed by atoms with E-state index >= 15 is 0 Å². The van der Waals surface area contributed by atoms with Gasteiger partial charge in [-0.3, -0.25) is 0 Å². The molecule has 0 spiro atoms. The van der Waals surface area contributed by atoms with Crippen molar-refractivity contribution in [1.82, 2.24) is 4.98 Å². The molecule has 76 valence electrons. The van der Waals surface area contributed by atoms with Crippen LogP contribution in [0.5, 0.6) is 0 Å². The van der Waals surface area contributed by atoms with Gasteiger partial charge in [-0.15, -0.1) is 0 Å². The molecule has 1 aliphatic carbocycles. The molecule has 0 atom stereocenters. The van der Waals surface area contributed by atoms with Crippen molar-refractivity contribution >= 4 is 5.82 Å². The number of halogens is 1. The second-order valence-corrected chi connectivity index (χ2v) is 3.92. The van der Waals surface area contributed by atoms with E-state index in [0.29, 0.717) is 5.82 Å². The molecule has 1 aromatic heterocycles. The molecule has 2 rings (SSSR count). The molecule has 1 heterocycles. The number of anilines is 1. The van der Waals surface area contributed by atoms with Crippen molar-refractivity contribution in [1.29, 1.82) is 0 Å². The summed E-state index contributed by atoms with van der Waals surface area (Å²) in [7, 11) is 0. The molecule has 14 heavy (non-hydrogen) atoms. The molecular formula is C10H13FN2O. The summed E-state index contributed by atoms with van der Waals surface area (Å²) >= 11 is 0. The number of aryl methyl sites for hydroxylation is 1. The third kappa shape index (κ3) is 1.85. The molecule has 4 heteroatoms. The largest absolute Gasteiger partial charge is 0.394 e. The third-order valence-electron chi connectivity index (χ3n) is 2.49. The average molecular weight is 196 g/mol. The minimum atomic E-state index is -0.485. The number of aliphatic hydroxyl groups excluding tert-OH is 1. The standard InChI is InChI=1S/C10H13FN2O/c1-7-4-8(11)12-9(5-7)13-10(6-14)2-3-10/h4-5,14H,2-3,6H2,1H3,(H,12,13). The molecule has 0 unspecified atom stereocenters. The molecule has 0 amide bonds. The fourth-order valence-electron chi connectivity index (χ4n) is 1.43. The molecule has 1 fully saturated rings. The van der Waals surface area contributed by atoms with Gasteiger partial charge in [-0.1, -0.05) is 0 Å². The molecule has 0 aromatic carbocycles. The molecule has 3 nitrogen and oxygen atoms in total. The first-order chi connectivity index (χ1) is 6.63. The summed E-state index contributed by atoms with van der Waals surface area (Å²) in [6.45, 7) is 1.89. The van der Waals surface area contributed by atoms with E-state index in [-0.39, 0.29) is 12.1 Å². The lowest BCUT2D eigenvalue weighted by molar-refractivity contribution is 0.266. The molecule has 1 aliphatic rings. The topological polar surface area (TPSA) is 45.2 Å². The Bertz CT molecular complexity index is 330. The zero-order valence-electron chi connectivity index (χ0n) is 8.05. The number of hydrogen-bond donors (Lipinski definition) is 2. The molecular weight excluding hydrogens is 183 g/mol. The highest BCUT2D eigenvalue weighted by Crippen LogP contribution is 2.37. The minimum absolute atomic E-state index is 0.0737. The number of rotatable bonds is 3. The predicted octanol–water partition coefficient (Wildman–Crippen LogP) is 1.47. The van der Waals surface area contributed by atoms with E-state index in [2.05, 4.69) is 10.3 Å². The fourth-order valence-corrected chi connectivity index (χ4v) is 1.43. The Morgan fingerprint density at radius 1 is 1.57 bits per heavy atom. The van der Waals surface area contributed by atoms with Crippen LogP contribution in [0.1, 0.15) is 18.4 Å². The van der Waals surface area contributed by atoms with Gasteiger partial charge in [0.1, 0.15) is 5.82 Å². The highest BCUT2D eigenvalue weighted by molar-refractivity contribution is 5.42. The van der Waals surface area contributed by atoms with Crippen LogP contribution in [-0.4, -0.2) is 22.2 Å². The van der Waals surface area contributed by atoms with Gasteiger partial charge in [0.05, 0.1) is 12.1 Å². The van der Waals surface area contributed by atoms with E-state index in [9.17, 15) is 4.39 Å². The average Bonchev–Trinajstić information content (AvgIpc) is 2.83. The van der Waals surface area contributed by atoms with Crippen LogP contribution in [0.4, 0.5) is 10.2 Å². The summed E-state index contributed by atoms with van der Waals surface area (Å²) < 4.78 is 12.9. The fraction of sp³-hybridized carbons (Fsp3) is 0.500. The Morgan fingerprint density at radius 3 is 2.79 bits per heavy atom. The number of nitrogens with one attached hydrogen (secondary N) is 1. The lowest BCUT2D eigenvalue weighted by atomic mass is 10.2. The van der Waals surface area contributed by atoms with Gasteiger partial charge in [0.15, 0.2) is 0 Å². The Hall–Kier alpha value is -1.16. The Kier molecular flexibility index (Phi) is 2.15. The van der Waals surface area contributed by atoms with E-state index in [1.807, 2.05) is 6.92 Å². The summed E-state index contributed by atoms with van der Waals surface area (Å²) in [6.07, 6.45) is 1.83. The summed E-state index contributed by atoms with van der Waals surface area (Å²) in [5, 5.41) is 12.1. The maximum absolute atomic E-state index is 12.9. The highest BCUT2D eigenvalue weighted by atomic mass is 19.1. The lowest BCUT2D eigenvalue weighted by Crippen LogP contribution is -2.26. The molecule has 0 saturated heterocycles. The van der Waals surface area contributed by atoms with E-state index < -0.39 is 5.95 Å². The van der Waals surface area contributed by atoms with Crippen LogP contribution in [0.2, 0.25) is 0 Å². The molecule has 0 aliphatic heterocycles. The second-order valence-electron chi connectivity index (χ2n) is 3.92. The zero-order chi connectivity index (χ0) is 10.2. The first-order valence-electron chi connectivity index (χ1n) is 4.67. The van der Waals surface area contributed by atoms with Crippen LogP contribution in [-0.2, 0) is 0 Å². The third-order valence-corrected chi connectivity index (χ3v) is 2.49. The number of pyridine rings is 1. The van der Waals surface area contributed by atoms with Gasteiger partial charge in [0.25, 0.3) is 0 Å². The summed E-state index contributed by atoms with van der Waals surface area (Å²) in [5.74, 6) is 0.0234. The lowest BCUT2D eigenvalue weighted by Gasteiger charge is -2.15. The number of aromatic nitrogens is 1. The number of aliphatic hydroxyl groups is 1. The Labute approximate surface area is 82.0 Å². The van der Waals surface area contributed by atoms with Crippen molar-refractivity contribution in [2.75, 3.05) is 11.9 Å². The molecule has 1 aromatic rings. The second kappa shape index (κ2) is 3.20. The van der Waals surface area contributed by atoms with Crippen LogP contribution in [0.15, 0.2) is 12.1 Å². The zero-order valence-corrected chi connectivity index (χ0v) is 8.05. The first-order valence-corrected chi connectivity index (χ1v) is 4.67. The Balaban J connectivity index is 2.16. The van der Waals surface area contributed by atoms with Crippen molar-refractivity contribution in [2.24, 2.45) is 0 Å². The maximum Gasteiger partial charge on any atom is 0.215 e. The van der Waals surface area contributed by atoms with Crippen LogP contribution in [0.25, 0.3) is 0 Å². The van der Waals surface area contributed by atoms with E-state index in [0.717, 1.165) is 18.4 Å². The Morgan fingerprint density at radius 2 is 2.29 bits per heavy atom. The van der Waals surface area contributed by atoms with E-state index in [1.165, 1.54) is 6.07 Å². The maximum atomic E-state index is 12.9. The summed E-state index contributed by atoms with van der Waals surface area (Å²) in [4.78, 5) is 3.72. The normalized spacial score (nSPS) is 17.9. The van der Waals surface area contributed by atoms with Gasteiger partial charge < -0.3 is 10.4 Å². The molecule has 0 radical (unpaired) electrons. The smallest absolute Gasteiger partial charge is 0.215 e. The van der Waals surface area contributed by atoms with Crippen molar-refractivity contribution in [2.45, 2.75) is 25.3 Å². The summed E-state index contributed by atoms with van der Waals surface area (Å²) in [6, 6.07) is 3.16. The van der Waals surface area contributed by atoms with Crippen molar-refractivity contribution in [3.05, 3.63) is 23.6 Å².